The van der Waals surface area contributed by atoms with Crippen LogP contribution < -0.4 is 5.30 Å². The summed E-state index contributed by atoms with van der Waals surface area (Å²) in [5.74, 6) is 0. The molecular formula is C15H32ClN2PSi3. The average molecular weight is 391 g/mol. The molecule has 0 radical (unpaired) electrons. The molecule has 0 amide bonds. The molecule has 1 atom stereocenters. The first kappa shape index (κ1) is 20.6. The standard InChI is InChI=1S/C15H32ClN2PSi3/c1-19(15-13-11-10-12-14-15)17(20(2,3)4)18(21(5,6)7)22(8,9)16/h10-14H,1-9H3. The van der Waals surface area contributed by atoms with E-state index in [-0.39, 0.29) is 8.07 Å². The molecule has 0 saturated carbocycles. The Morgan fingerprint density at radius 1 is 0.818 bits per heavy atom. The van der Waals surface area contributed by atoms with Gasteiger partial charge in [0.25, 0.3) is 0 Å². The first-order chi connectivity index (χ1) is 9.76. The Morgan fingerprint density at radius 3 is 1.59 bits per heavy atom. The quantitative estimate of drug-likeness (QED) is 0.275. The summed E-state index contributed by atoms with van der Waals surface area (Å²) in [6.45, 7) is 21.5. The van der Waals surface area contributed by atoms with E-state index in [1.165, 1.54) is 5.30 Å². The molecule has 0 aliphatic rings. The zero-order chi connectivity index (χ0) is 17.3. The number of hydrazine groups is 1. The summed E-state index contributed by atoms with van der Waals surface area (Å²) in [5.41, 5.74) is 0. The van der Waals surface area contributed by atoms with Gasteiger partial charge in [0.1, 0.15) is 16.5 Å². The molecule has 0 aliphatic heterocycles. The Morgan fingerprint density at radius 2 is 1.27 bits per heavy atom. The maximum Gasteiger partial charge on any atom is 0.229 e. The molecule has 22 heavy (non-hydrogen) atoms. The predicted molar refractivity (Wildman–Crippen MR) is 113 cm³/mol. The van der Waals surface area contributed by atoms with Crippen molar-refractivity contribution in [1.82, 2.24) is 8.79 Å². The number of hydrogen-bond acceptors (Lipinski definition) is 2. The molecule has 0 spiro atoms. The van der Waals surface area contributed by atoms with Crippen LogP contribution in [0.1, 0.15) is 0 Å². The largest absolute Gasteiger partial charge is 0.273 e. The van der Waals surface area contributed by atoms with Crippen molar-refractivity contribution in [3.63, 3.8) is 0 Å². The molecule has 2 nitrogen and oxygen atoms in total. The maximum atomic E-state index is 7.01. The summed E-state index contributed by atoms with van der Waals surface area (Å²) in [6, 6.07) is 10.9. The van der Waals surface area contributed by atoms with Crippen molar-refractivity contribution in [2.45, 2.75) is 52.4 Å². The second kappa shape index (κ2) is 7.18. The molecule has 0 bridgehead atoms. The topological polar surface area (TPSA) is 6.48 Å². The van der Waals surface area contributed by atoms with Crippen LogP contribution in [0.2, 0.25) is 52.4 Å². The van der Waals surface area contributed by atoms with Gasteiger partial charge in [0.2, 0.25) is 7.55 Å². The Labute approximate surface area is 146 Å². The lowest BCUT2D eigenvalue weighted by atomic mass is 10.4. The van der Waals surface area contributed by atoms with Crippen LogP contribution in [0.25, 0.3) is 0 Å². The van der Waals surface area contributed by atoms with Crippen LogP contribution in [0.15, 0.2) is 30.3 Å². The molecule has 1 rings (SSSR count). The number of halogens is 1. The Balaban J connectivity index is 3.40. The van der Waals surface area contributed by atoms with Crippen LogP contribution in [0.3, 0.4) is 0 Å². The maximum absolute atomic E-state index is 7.01. The molecule has 0 aromatic heterocycles. The number of benzene rings is 1. The second-order valence-corrected chi connectivity index (χ2v) is 26.5. The van der Waals surface area contributed by atoms with E-state index < -0.39 is 24.0 Å². The van der Waals surface area contributed by atoms with Crippen molar-refractivity contribution in [2.75, 3.05) is 6.66 Å². The van der Waals surface area contributed by atoms with Gasteiger partial charge in [-0.25, -0.2) is 0 Å². The highest BCUT2D eigenvalue weighted by atomic mass is 35.6. The molecule has 1 aromatic carbocycles. The molecule has 126 valence electrons. The fraction of sp³-hybridized carbons (Fsp3) is 0.600. The van der Waals surface area contributed by atoms with E-state index in [0.29, 0.717) is 0 Å². The van der Waals surface area contributed by atoms with Gasteiger partial charge in [-0.15, -0.1) is 11.1 Å². The highest BCUT2D eigenvalue weighted by molar-refractivity contribution is 7.64. The lowest BCUT2D eigenvalue weighted by Gasteiger charge is -2.55. The molecule has 1 unspecified atom stereocenters. The van der Waals surface area contributed by atoms with Crippen molar-refractivity contribution in [3.8, 4) is 0 Å². The van der Waals surface area contributed by atoms with Gasteiger partial charge in [0.15, 0.2) is 0 Å². The van der Waals surface area contributed by atoms with Crippen molar-refractivity contribution in [3.05, 3.63) is 30.3 Å². The number of rotatable bonds is 6. The van der Waals surface area contributed by atoms with E-state index in [9.17, 15) is 0 Å². The van der Waals surface area contributed by atoms with Crippen molar-refractivity contribution < 1.29 is 0 Å². The molecule has 0 heterocycles. The van der Waals surface area contributed by atoms with Crippen LogP contribution in [0, 0.1) is 0 Å². The van der Waals surface area contributed by atoms with Crippen LogP contribution in [-0.2, 0) is 0 Å². The third-order valence-corrected chi connectivity index (χ3v) is 17.2. The van der Waals surface area contributed by atoms with Gasteiger partial charge >= 0.3 is 0 Å². The lowest BCUT2D eigenvalue weighted by molar-refractivity contribution is 0.391. The molecule has 0 aliphatic carbocycles. The van der Waals surface area contributed by atoms with E-state index >= 15 is 0 Å². The van der Waals surface area contributed by atoms with Gasteiger partial charge in [-0.05, 0) is 33.1 Å². The molecule has 0 saturated heterocycles. The smallest absolute Gasteiger partial charge is 0.229 e. The molecule has 0 N–H and O–H groups in total. The fourth-order valence-electron chi connectivity index (χ4n) is 2.94. The molecule has 0 fully saturated rings. The SMILES string of the molecule is CP(c1ccccc1)N(N([Si](C)(C)C)[Si](C)(C)Cl)[Si](C)(C)C. The van der Waals surface area contributed by atoms with Crippen LogP contribution >= 0.6 is 19.2 Å². The van der Waals surface area contributed by atoms with E-state index in [4.69, 9.17) is 11.1 Å². The van der Waals surface area contributed by atoms with Gasteiger partial charge in [0.05, 0.1) is 0 Å². The lowest BCUT2D eigenvalue weighted by Crippen LogP contribution is -2.69. The Hall–Kier alpha value is 0.511. The zero-order valence-electron chi connectivity index (χ0n) is 15.6. The predicted octanol–water partition coefficient (Wildman–Crippen LogP) is 5.47. The van der Waals surface area contributed by atoms with Crippen molar-refractivity contribution in [2.24, 2.45) is 0 Å². The van der Waals surface area contributed by atoms with Gasteiger partial charge in [-0.3, -0.25) is 8.79 Å². The summed E-state index contributed by atoms with van der Waals surface area (Å²) >= 11 is 7.01. The summed E-state index contributed by atoms with van der Waals surface area (Å²) in [5, 5.41) is 1.44. The monoisotopic (exact) mass is 390 g/mol. The van der Waals surface area contributed by atoms with Gasteiger partial charge in [-0.1, -0.05) is 69.6 Å². The summed E-state index contributed by atoms with van der Waals surface area (Å²) < 4.78 is 5.44. The zero-order valence-corrected chi connectivity index (χ0v) is 20.3. The minimum absolute atomic E-state index is 0.389. The second-order valence-electron chi connectivity index (χ2n) is 8.21. The van der Waals surface area contributed by atoms with E-state index in [1.807, 2.05) is 0 Å². The summed E-state index contributed by atoms with van der Waals surface area (Å²) in [7, 11) is -5.43. The normalized spacial score (nSPS) is 15.5. The molecule has 7 heteroatoms. The van der Waals surface area contributed by atoms with Crippen LogP contribution in [0.4, 0.5) is 0 Å². The van der Waals surface area contributed by atoms with E-state index in [1.54, 1.807) is 0 Å². The third kappa shape index (κ3) is 5.26. The van der Waals surface area contributed by atoms with Gasteiger partial charge < -0.3 is 0 Å². The van der Waals surface area contributed by atoms with Crippen molar-refractivity contribution in [1.29, 1.82) is 0 Å². The Kier molecular flexibility index (Phi) is 6.70. The minimum Gasteiger partial charge on any atom is -0.273 e. The molecule has 1 aromatic rings. The van der Waals surface area contributed by atoms with Crippen LogP contribution in [-0.4, -0.2) is 39.5 Å². The van der Waals surface area contributed by atoms with Gasteiger partial charge in [0, 0.05) is 0 Å². The number of hydrogen-bond donors (Lipinski definition) is 0. The van der Waals surface area contributed by atoms with Crippen LogP contribution in [0.5, 0.6) is 0 Å². The van der Waals surface area contributed by atoms with Gasteiger partial charge in [-0.2, -0.15) is 0 Å². The number of nitrogens with zero attached hydrogens (tertiary/aromatic N) is 2. The summed E-state index contributed by atoms with van der Waals surface area (Å²) in [6.07, 6.45) is 0. The fourth-order valence-corrected chi connectivity index (χ4v) is 24.6. The van der Waals surface area contributed by atoms with Crippen molar-refractivity contribution >= 4 is 48.5 Å². The minimum atomic E-state index is -1.95. The van der Waals surface area contributed by atoms with E-state index in [0.717, 1.165) is 0 Å². The first-order valence-electron chi connectivity index (χ1n) is 7.84. The highest BCUT2D eigenvalue weighted by Gasteiger charge is 2.46. The average Bonchev–Trinajstić information content (AvgIpc) is 2.31. The first-order valence-corrected chi connectivity index (χ1v) is 20.4. The highest BCUT2D eigenvalue weighted by Crippen LogP contribution is 2.45. The third-order valence-electron chi connectivity index (χ3n) is 3.34. The van der Waals surface area contributed by atoms with E-state index in [2.05, 4.69) is 98.2 Å². The molecular weight excluding hydrogens is 359 g/mol. The Bertz CT molecular complexity index is 466. The summed E-state index contributed by atoms with van der Waals surface area (Å²) in [4.78, 5) is 0.